The van der Waals surface area contributed by atoms with Crippen molar-refractivity contribution in [1.82, 2.24) is 4.90 Å². The first-order valence-corrected chi connectivity index (χ1v) is 6.43. The second kappa shape index (κ2) is 5.41. The maximum absolute atomic E-state index is 8.95. The second-order valence-corrected chi connectivity index (χ2v) is 5.30. The molecule has 3 heteroatoms. The van der Waals surface area contributed by atoms with Crippen LogP contribution < -0.4 is 4.74 Å². The van der Waals surface area contributed by atoms with E-state index < -0.39 is 0 Å². The lowest BCUT2D eigenvalue weighted by atomic mass is 10.0. The molecule has 1 heterocycles. The van der Waals surface area contributed by atoms with E-state index in [9.17, 15) is 0 Å². The maximum atomic E-state index is 8.95. The molecular formula is C15H20N2O. The molecule has 0 aliphatic carbocycles. The molecule has 0 N–H and O–H groups in total. The van der Waals surface area contributed by atoms with Crippen molar-refractivity contribution in [1.29, 1.82) is 5.26 Å². The third-order valence-corrected chi connectivity index (χ3v) is 3.86. The fourth-order valence-corrected chi connectivity index (χ4v) is 2.56. The minimum atomic E-state index is 0.601. The first kappa shape index (κ1) is 12.9. The van der Waals surface area contributed by atoms with E-state index >= 15 is 0 Å². The number of hydrogen-bond acceptors (Lipinski definition) is 3. The Morgan fingerprint density at radius 2 is 2.00 bits per heavy atom. The van der Waals surface area contributed by atoms with Crippen molar-refractivity contribution in [2.75, 3.05) is 20.2 Å². The normalized spacial score (nSPS) is 23.9. The summed E-state index contributed by atoms with van der Waals surface area (Å²) in [7, 11) is 1.61. The minimum Gasteiger partial charge on any atom is -0.495 e. The second-order valence-electron chi connectivity index (χ2n) is 5.30. The maximum Gasteiger partial charge on any atom is 0.136 e. The summed E-state index contributed by atoms with van der Waals surface area (Å²) in [6.07, 6.45) is 0. The highest BCUT2D eigenvalue weighted by Crippen LogP contribution is 2.25. The molecular weight excluding hydrogens is 224 g/mol. The Bertz CT molecular complexity index is 454. The molecule has 1 aromatic carbocycles. The van der Waals surface area contributed by atoms with Gasteiger partial charge in [0.05, 0.1) is 12.7 Å². The average Bonchev–Trinajstić information content (AvgIpc) is 2.68. The van der Waals surface area contributed by atoms with Crippen molar-refractivity contribution in [3.8, 4) is 11.8 Å². The number of likely N-dealkylation sites (tertiary alicyclic amines) is 1. The number of hydrogen-bond donors (Lipinski definition) is 0. The van der Waals surface area contributed by atoms with Gasteiger partial charge in [-0.2, -0.15) is 5.26 Å². The number of methoxy groups -OCH3 is 1. The standard InChI is InChI=1S/C15H20N2O/c1-11-8-17(9-12(11)2)10-13-4-5-14(7-16)15(6-13)18-3/h4-6,11-12H,8-10H2,1-3H3. The van der Waals surface area contributed by atoms with Crippen LogP contribution in [0.15, 0.2) is 18.2 Å². The molecule has 18 heavy (non-hydrogen) atoms. The summed E-state index contributed by atoms with van der Waals surface area (Å²) < 4.78 is 5.24. The third kappa shape index (κ3) is 2.65. The zero-order valence-electron chi connectivity index (χ0n) is 11.3. The highest BCUT2D eigenvalue weighted by atomic mass is 16.5. The first-order valence-electron chi connectivity index (χ1n) is 6.43. The highest BCUT2D eigenvalue weighted by Gasteiger charge is 2.25. The predicted molar refractivity (Wildman–Crippen MR) is 71.3 cm³/mol. The number of nitrogens with zero attached hydrogens (tertiary/aromatic N) is 2. The van der Waals surface area contributed by atoms with Crippen LogP contribution in [0.2, 0.25) is 0 Å². The molecule has 2 atom stereocenters. The van der Waals surface area contributed by atoms with Gasteiger partial charge >= 0.3 is 0 Å². The van der Waals surface area contributed by atoms with Gasteiger partial charge in [-0.15, -0.1) is 0 Å². The van der Waals surface area contributed by atoms with Crippen LogP contribution in [0.1, 0.15) is 25.0 Å². The molecule has 1 aliphatic heterocycles. The van der Waals surface area contributed by atoms with Gasteiger partial charge < -0.3 is 4.74 Å². The third-order valence-electron chi connectivity index (χ3n) is 3.86. The highest BCUT2D eigenvalue weighted by molar-refractivity contribution is 5.45. The minimum absolute atomic E-state index is 0.601. The van der Waals surface area contributed by atoms with Gasteiger partial charge in [0.1, 0.15) is 11.8 Å². The fraction of sp³-hybridized carbons (Fsp3) is 0.533. The van der Waals surface area contributed by atoms with Crippen molar-refractivity contribution < 1.29 is 4.74 Å². The van der Waals surface area contributed by atoms with Crippen molar-refractivity contribution in [2.24, 2.45) is 11.8 Å². The van der Waals surface area contributed by atoms with Crippen LogP contribution in [0.5, 0.6) is 5.75 Å². The Morgan fingerprint density at radius 1 is 1.33 bits per heavy atom. The van der Waals surface area contributed by atoms with Crippen molar-refractivity contribution >= 4 is 0 Å². The van der Waals surface area contributed by atoms with Crippen LogP contribution >= 0.6 is 0 Å². The first-order chi connectivity index (χ1) is 8.63. The van der Waals surface area contributed by atoms with Gasteiger partial charge in [0.25, 0.3) is 0 Å². The zero-order valence-corrected chi connectivity index (χ0v) is 11.3. The molecule has 0 saturated carbocycles. The molecule has 1 aliphatic rings. The Hall–Kier alpha value is -1.53. The van der Waals surface area contributed by atoms with Gasteiger partial charge in [0, 0.05) is 19.6 Å². The van der Waals surface area contributed by atoms with Crippen LogP contribution in [0.3, 0.4) is 0 Å². The smallest absolute Gasteiger partial charge is 0.136 e. The summed E-state index contributed by atoms with van der Waals surface area (Å²) in [5, 5.41) is 8.95. The molecule has 0 radical (unpaired) electrons. The lowest BCUT2D eigenvalue weighted by Crippen LogP contribution is -2.20. The van der Waals surface area contributed by atoms with Crippen LogP contribution in [-0.4, -0.2) is 25.1 Å². The van der Waals surface area contributed by atoms with Crippen LogP contribution in [0.25, 0.3) is 0 Å². The molecule has 0 spiro atoms. The summed E-state index contributed by atoms with van der Waals surface area (Å²) >= 11 is 0. The van der Waals surface area contributed by atoms with Crippen molar-refractivity contribution in [3.05, 3.63) is 29.3 Å². The van der Waals surface area contributed by atoms with E-state index in [0.29, 0.717) is 11.3 Å². The number of nitriles is 1. The fourth-order valence-electron chi connectivity index (χ4n) is 2.56. The molecule has 3 nitrogen and oxygen atoms in total. The lowest BCUT2D eigenvalue weighted by molar-refractivity contribution is 0.315. The largest absolute Gasteiger partial charge is 0.495 e. The quantitative estimate of drug-likeness (QED) is 0.820. The zero-order chi connectivity index (χ0) is 13.1. The van der Waals surface area contributed by atoms with Gasteiger partial charge in [-0.25, -0.2) is 0 Å². The van der Waals surface area contributed by atoms with E-state index in [4.69, 9.17) is 10.00 Å². The number of ether oxygens (including phenoxy) is 1. The van der Waals surface area contributed by atoms with Crippen LogP contribution in [0, 0.1) is 23.2 Å². The lowest BCUT2D eigenvalue weighted by Gasteiger charge is -2.16. The topological polar surface area (TPSA) is 36.3 Å². The molecule has 96 valence electrons. The Morgan fingerprint density at radius 3 is 2.56 bits per heavy atom. The van der Waals surface area contributed by atoms with Gasteiger partial charge in [-0.05, 0) is 29.5 Å². The van der Waals surface area contributed by atoms with Gasteiger partial charge in [-0.1, -0.05) is 19.9 Å². The van der Waals surface area contributed by atoms with Crippen molar-refractivity contribution in [2.45, 2.75) is 20.4 Å². The van der Waals surface area contributed by atoms with E-state index in [1.165, 1.54) is 5.56 Å². The molecule has 0 aromatic heterocycles. The number of rotatable bonds is 3. The predicted octanol–water partition coefficient (Wildman–Crippen LogP) is 2.65. The SMILES string of the molecule is COc1cc(CN2CC(C)C(C)C2)ccc1C#N. The Labute approximate surface area is 109 Å². The van der Waals surface area contributed by atoms with Gasteiger partial charge in [-0.3, -0.25) is 4.90 Å². The summed E-state index contributed by atoms with van der Waals surface area (Å²) in [5.74, 6) is 2.21. The molecule has 1 aromatic rings. The van der Waals surface area contributed by atoms with Crippen LogP contribution in [0.4, 0.5) is 0 Å². The molecule has 2 rings (SSSR count). The van der Waals surface area contributed by atoms with Gasteiger partial charge in [0.2, 0.25) is 0 Å². The monoisotopic (exact) mass is 244 g/mol. The summed E-state index contributed by atoms with van der Waals surface area (Å²) in [4.78, 5) is 2.47. The summed E-state index contributed by atoms with van der Waals surface area (Å²) in [5.41, 5.74) is 1.82. The van der Waals surface area contributed by atoms with E-state index in [-0.39, 0.29) is 0 Å². The van der Waals surface area contributed by atoms with Crippen molar-refractivity contribution in [3.63, 3.8) is 0 Å². The van der Waals surface area contributed by atoms with E-state index in [0.717, 1.165) is 31.5 Å². The Kier molecular flexibility index (Phi) is 3.88. The summed E-state index contributed by atoms with van der Waals surface area (Å²) in [6, 6.07) is 7.99. The summed E-state index contributed by atoms with van der Waals surface area (Å²) in [6.45, 7) is 7.87. The van der Waals surface area contributed by atoms with E-state index in [2.05, 4.69) is 24.8 Å². The van der Waals surface area contributed by atoms with E-state index in [1.807, 2.05) is 18.2 Å². The molecule has 0 bridgehead atoms. The van der Waals surface area contributed by atoms with E-state index in [1.54, 1.807) is 7.11 Å². The molecule has 1 saturated heterocycles. The van der Waals surface area contributed by atoms with Gasteiger partial charge in [0.15, 0.2) is 0 Å². The molecule has 2 unspecified atom stereocenters. The molecule has 0 amide bonds. The van der Waals surface area contributed by atoms with Crippen LogP contribution in [-0.2, 0) is 6.54 Å². The number of benzene rings is 1. The molecule has 1 fully saturated rings. The average molecular weight is 244 g/mol. The Balaban J connectivity index is 2.09.